The van der Waals surface area contributed by atoms with E-state index in [1.165, 1.54) is 36.4 Å². The van der Waals surface area contributed by atoms with E-state index >= 15 is 0 Å². The van der Waals surface area contributed by atoms with Crippen LogP contribution in [-0.4, -0.2) is 27.4 Å². The average molecular weight is 422 g/mol. The molecule has 4 rings (SSSR count). The maximum absolute atomic E-state index is 13.2. The highest BCUT2D eigenvalue weighted by Gasteiger charge is 2.42. The van der Waals surface area contributed by atoms with Gasteiger partial charge >= 0.3 is 6.03 Å². The number of halogens is 1. The number of hydrogen-bond acceptors (Lipinski definition) is 4. The standard InChI is InChI=1S/C24H23FN2O4/c25-16-8-6-15(7-9-16)21(29)13-12-20-23(19-11-10-18(28)14-22(19)30)27(24(31)26-20)17-4-2-1-3-5-17/h1-11,14,20-21,23,28-30H,12-13H2,(H,26,31). The predicted octanol–water partition coefficient (Wildman–Crippen LogP) is 4.39. The number of phenols is 2. The Morgan fingerprint density at radius 3 is 2.39 bits per heavy atom. The summed E-state index contributed by atoms with van der Waals surface area (Å²) in [5, 5.41) is 33.7. The normalized spacial score (nSPS) is 19.3. The van der Waals surface area contributed by atoms with Gasteiger partial charge in [-0.25, -0.2) is 9.18 Å². The summed E-state index contributed by atoms with van der Waals surface area (Å²) < 4.78 is 13.2. The van der Waals surface area contributed by atoms with Gasteiger partial charge < -0.3 is 20.6 Å². The maximum Gasteiger partial charge on any atom is 0.322 e. The van der Waals surface area contributed by atoms with E-state index in [9.17, 15) is 24.5 Å². The van der Waals surface area contributed by atoms with E-state index in [1.807, 2.05) is 18.2 Å². The molecule has 2 amide bonds. The van der Waals surface area contributed by atoms with Gasteiger partial charge in [0.05, 0.1) is 18.2 Å². The molecule has 4 N–H and O–H groups in total. The van der Waals surface area contributed by atoms with Gasteiger partial charge in [-0.1, -0.05) is 30.3 Å². The Bertz CT molecular complexity index is 1060. The third-order valence-corrected chi connectivity index (χ3v) is 5.56. The van der Waals surface area contributed by atoms with Gasteiger partial charge in [-0.3, -0.25) is 4.90 Å². The first-order valence-corrected chi connectivity index (χ1v) is 10.0. The fourth-order valence-electron chi connectivity index (χ4n) is 4.04. The van der Waals surface area contributed by atoms with Gasteiger partial charge in [0.25, 0.3) is 0 Å². The monoisotopic (exact) mass is 422 g/mol. The molecule has 160 valence electrons. The number of amides is 2. The molecule has 1 saturated heterocycles. The minimum atomic E-state index is -0.822. The molecular formula is C24H23FN2O4. The number of nitrogens with one attached hydrogen (secondary N) is 1. The molecule has 0 spiro atoms. The van der Waals surface area contributed by atoms with Crippen LogP contribution in [0.5, 0.6) is 11.5 Å². The number of carbonyl (C=O) groups is 1. The number of aliphatic hydroxyl groups is 1. The highest BCUT2D eigenvalue weighted by molar-refractivity contribution is 5.96. The average Bonchev–Trinajstić information content (AvgIpc) is 3.09. The number of aromatic hydroxyl groups is 2. The van der Waals surface area contributed by atoms with E-state index < -0.39 is 18.2 Å². The van der Waals surface area contributed by atoms with Gasteiger partial charge in [0.2, 0.25) is 0 Å². The van der Waals surface area contributed by atoms with E-state index in [0.29, 0.717) is 29.7 Å². The molecule has 1 fully saturated rings. The number of carbonyl (C=O) groups excluding carboxylic acids is 1. The number of anilines is 1. The first kappa shape index (κ1) is 20.7. The minimum absolute atomic E-state index is 0.0759. The third-order valence-electron chi connectivity index (χ3n) is 5.56. The summed E-state index contributed by atoms with van der Waals surface area (Å²) in [7, 11) is 0. The van der Waals surface area contributed by atoms with Crippen molar-refractivity contribution in [2.45, 2.75) is 31.0 Å². The van der Waals surface area contributed by atoms with Crippen LogP contribution in [0, 0.1) is 5.82 Å². The van der Waals surface area contributed by atoms with Crippen molar-refractivity contribution in [2.24, 2.45) is 0 Å². The van der Waals surface area contributed by atoms with Crippen molar-refractivity contribution < 1.29 is 24.5 Å². The number of aliphatic hydroxyl groups excluding tert-OH is 1. The number of benzene rings is 3. The molecular weight excluding hydrogens is 399 g/mol. The van der Waals surface area contributed by atoms with Crippen molar-refractivity contribution >= 4 is 11.7 Å². The SMILES string of the molecule is O=C1NC(CCC(O)c2ccc(F)cc2)C(c2ccc(O)cc2O)N1c1ccccc1. The molecule has 3 aromatic carbocycles. The zero-order chi connectivity index (χ0) is 22.0. The lowest BCUT2D eigenvalue weighted by molar-refractivity contribution is 0.159. The lowest BCUT2D eigenvalue weighted by Gasteiger charge is -2.28. The highest BCUT2D eigenvalue weighted by atomic mass is 19.1. The fraction of sp³-hybridized carbons (Fsp3) is 0.208. The molecule has 3 aromatic rings. The largest absolute Gasteiger partial charge is 0.508 e. The summed E-state index contributed by atoms with van der Waals surface area (Å²) in [6.07, 6.45) is -0.0787. The van der Waals surface area contributed by atoms with Gasteiger partial charge in [0, 0.05) is 17.3 Å². The van der Waals surface area contributed by atoms with E-state index in [4.69, 9.17) is 0 Å². The van der Waals surface area contributed by atoms with E-state index in [2.05, 4.69) is 5.32 Å². The summed E-state index contributed by atoms with van der Waals surface area (Å²) in [5.74, 6) is -0.569. The number of hydrogen-bond donors (Lipinski definition) is 4. The Labute approximate surface area is 179 Å². The summed E-state index contributed by atoms with van der Waals surface area (Å²) in [6.45, 7) is 0. The molecule has 1 aliphatic rings. The Kier molecular flexibility index (Phi) is 5.77. The second-order valence-corrected chi connectivity index (χ2v) is 7.59. The van der Waals surface area contributed by atoms with Crippen molar-refractivity contribution in [2.75, 3.05) is 4.90 Å². The van der Waals surface area contributed by atoms with Crippen molar-refractivity contribution in [3.63, 3.8) is 0 Å². The van der Waals surface area contributed by atoms with E-state index in [0.717, 1.165) is 0 Å². The molecule has 7 heteroatoms. The molecule has 0 aromatic heterocycles. The molecule has 3 atom stereocenters. The van der Waals surface area contributed by atoms with Crippen LogP contribution < -0.4 is 10.2 Å². The zero-order valence-electron chi connectivity index (χ0n) is 16.6. The highest BCUT2D eigenvalue weighted by Crippen LogP contribution is 2.41. The van der Waals surface area contributed by atoms with Crippen LogP contribution >= 0.6 is 0 Å². The predicted molar refractivity (Wildman–Crippen MR) is 114 cm³/mol. The van der Waals surface area contributed by atoms with Crippen molar-refractivity contribution in [3.05, 3.63) is 89.7 Å². The Morgan fingerprint density at radius 1 is 1.00 bits per heavy atom. The van der Waals surface area contributed by atoms with E-state index in [-0.39, 0.29) is 23.3 Å². The third kappa shape index (κ3) is 4.32. The molecule has 0 radical (unpaired) electrons. The maximum atomic E-state index is 13.2. The van der Waals surface area contributed by atoms with Crippen LogP contribution in [0.1, 0.15) is 36.1 Å². The molecule has 0 saturated carbocycles. The van der Waals surface area contributed by atoms with Crippen molar-refractivity contribution in [1.82, 2.24) is 5.32 Å². The molecule has 6 nitrogen and oxygen atoms in total. The van der Waals surface area contributed by atoms with Gasteiger partial charge in [-0.2, -0.15) is 0 Å². The molecule has 1 aliphatic heterocycles. The molecule has 3 unspecified atom stereocenters. The topological polar surface area (TPSA) is 93.0 Å². The van der Waals surface area contributed by atoms with Crippen LogP contribution in [0.4, 0.5) is 14.9 Å². The Balaban J connectivity index is 1.62. The van der Waals surface area contributed by atoms with Gasteiger partial charge in [0.15, 0.2) is 0 Å². The second-order valence-electron chi connectivity index (χ2n) is 7.59. The minimum Gasteiger partial charge on any atom is -0.508 e. The van der Waals surface area contributed by atoms with Gasteiger partial charge in [-0.15, -0.1) is 0 Å². The van der Waals surface area contributed by atoms with Crippen molar-refractivity contribution in [1.29, 1.82) is 0 Å². The number of phenolic OH excluding ortho intramolecular Hbond substituents is 2. The second kappa shape index (κ2) is 8.65. The first-order chi connectivity index (χ1) is 14.9. The lowest BCUT2D eigenvalue weighted by atomic mass is 9.92. The Hall–Kier alpha value is -3.58. The molecule has 0 bridgehead atoms. The van der Waals surface area contributed by atoms with Crippen LogP contribution in [0.3, 0.4) is 0 Å². The van der Waals surface area contributed by atoms with Crippen LogP contribution in [-0.2, 0) is 0 Å². The quantitative estimate of drug-likeness (QED) is 0.474. The number of rotatable bonds is 6. The number of nitrogens with zero attached hydrogens (tertiary/aromatic N) is 1. The van der Waals surface area contributed by atoms with E-state index in [1.54, 1.807) is 23.1 Å². The lowest BCUT2D eigenvalue weighted by Crippen LogP contribution is -2.29. The van der Waals surface area contributed by atoms with Crippen LogP contribution in [0.15, 0.2) is 72.8 Å². The zero-order valence-corrected chi connectivity index (χ0v) is 16.6. The summed E-state index contributed by atoms with van der Waals surface area (Å²) in [6, 6.07) is 17.8. The summed E-state index contributed by atoms with van der Waals surface area (Å²) in [5.41, 5.74) is 1.75. The smallest absolute Gasteiger partial charge is 0.322 e. The fourth-order valence-corrected chi connectivity index (χ4v) is 4.04. The summed E-state index contributed by atoms with van der Waals surface area (Å²) in [4.78, 5) is 14.4. The summed E-state index contributed by atoms with van der Waals surface area (Å²) >= 11 is 0. The molecule has 0 aliphatic carbocycles. The molecule has 31 heavy (non-hydrogen) atoms. The van der Waals surface area contributed by atoms with Crippen molar-refractivity contribution in [3.8, 4) is 11.5 Å². The van der Waals surface area contributed by atoms with Crippen LogP contribution in [0.2, 0.25) is 0 Å². The number of para-hydroxylation sites is 1. The number of urea groups is 1. The molecule has 1 heterocycles. The van der Waals surface area contributed by atoms with Gasteiger partial charge in [0.1, 0.15) is 17.3 Å². The van der Waals surface area contributed by atoms with Crippen LogP contribution in [0.25, 0.3) is 0 Å². The van der Waals surface area contributed by atoms with Gasteiger partial charge in [-0.05, 0) is 54.8 Å². The Morgan fingerprint density at radius 2 is 1.71 bits per heavy atom. The first-order valence-electron chi connectivity index (χ1n) is 10.0.